The van der Waals surface area contributed by atoms with Gasteiger partial charge < -0.3 is 14.6 Å². The highest BCUT2D eigenvalue weighted by Crippen LogP contribution is 2.37. The summed E-state index contributed by atoms with van der Waals surface area (Å²) in [5.41, 5.74) is 0.217. The Morgan fingerprint density at radius 2 is 1.95 bits per heavy atom. The fraction of sp³-hybridized carbons (Fsp3) is 0.500. The smallest absolute Gasteiger partial charge is 0.323 e. The summed E-state index contributed by atoms with van der Waals surface area (Å²) in [6.45, 7) is 1.59. The monoisotopic (exact) mass is 341 g/mol. The van der Waals surface area contributed by atoms with Crippen LogP contribution in [0.15, 0.2) is 16.6 Å². The maximum Gasteiger partial charge on any atom is 0.323 e. The van der Waals surface area contributed by atoms with Crippen molar-refractivity contribution < 1.29 is 19.4 Å². The molecule has 5 nitrogen and oxygen atoms in total. The zero-order valence-corrected chi connectivity index (χ0v) is 12.5. The third-order valence-corrected chi connectivity index (χ3v) is 4.68. The van der Waals surface area contributed by atoms with E-state index in [1.54, 1.807) is 0 Å². The summed E-state index contributed by atoms with van der Waals surface area (Å²) in [5, 5.41) is 12.5. The number of halogens is 1. The molecule has 1 aromatic rings. The van der Waals surface area contributed by atoms with Gasteiger partial charge in [-0.1, -0.05) is 15.9 Å². The largest absolute Gasteiger partial charge is 0.486 e. The Balaban J connectivity index is 1.76. The standard InChI is InChI=1S/C14H16BrNO4/c15-10-7-12-11(19-4-5-20-12)6-9(10)8-16-14(13(17)18)2-1-3-14/h6-7,16H,1-5,8H2,(H,17,18). The van der Waals surface area contributed by atoms with Crippen molar-refractivity contribution in [3.05, 3.63) is 22.2 Å². The molecule has 0 aromatic heterocycles. The SMILES string of the molecule is O=C(O)C1(NCc2cc3c(cc2Br)OCCO3)CCC1. The van der Waals surface area contributed by atoms with E-state index < -0.39 is 11.5 Å². The molecule has 20 heavy (non-hydrogen) atoms. The predicted octanol–water partition coefficient (Wildman–Crippen LogP) is 2.32. The molecule has 1 heterocycles. The molecule has 6 heteroatoms. The normalized spacial score (nSPS) is 19.2. The topological polar surface area (TPSA) is 67.8 Å². The van der Waals surface area contributed by atoms with Crippen LogP contribution < -0.4 is 14.8 Å². The van der Waals surface area contributed by atoms with Gasteiger partial charge in [0.15, 0.2) is 11.5 Å². The van der Waals surface area contributed by atoms with Crippen molar-refractivity contribution in [1.82, 2.24) is 5.32 Å². The van der Waals surface area contributed by atoms with E-state index in [2.05, 4.69) is 21.2 Å². The Morgan fingerprint density at radius 1 is 1.30 bits per heavy atom. The molecule has 108 valence electrons. The van der Waals surface area contributed by atoms with Crippen LogP contribution in [0, 0.1) is 0 Å². The first-order valence-electron chi connectivity index (χ1n) is 6.67. The number of nitrogens with one attached hydrogen (secondary N) is 1. The Labute approximate surface area is 125 Å². The Bertz CT molecular complexity index is 542. The van der Waals surface area contributed by atoms with Crippen molar-refractivity contribution in [1.29, 1.82) is 0 Å². The summed E-state index contributed by atoms with van der Waals surface area (Å²) in [6.07, 6.45) is 2.33. The van der Waals surface area contributed by atoms with Gasteiger partial charge in [0, 0.05) is 11.0 Å². The molecule has 1 aliphatic heterocycles. The van der Waals surface area contributed by atoms with Gasteiger partial charge in [0.2, 0.25) is 0 Å². The average Bonchev–Trinajstić information content (AvgIpc) is 2.37. The van der Waals surface area contributed by atoms with E-state index in [1.165, 1.54) is 0 Å². The van der Waals surface area contributed by atoms with Crippen LogP contribution in [0.4, 0.5) is 0 Å². The molecule has 1 aromatic carbocycles. The van der Waals surface area contributed by atoms with E-state index in [0.717, 1.165) is 22.2 Å². The van der Waals surface area contributed by atoms with Crippen LogP contribution in [0.25, 0.3) is 0 Å². The molecular weight excluding hydrogens is 326 g/mol. The molecule has 3 rings (SSSR count). The number of ether oxygens (including phenoxy) is 2. The van der Waals surface area contributed by atoms with Crippen molar-refractivity contribution in [2.45, 2.75) is 31.3 Å². The summed E-state index contributed by atoms with van der Waals surface area (Å²) in [5.74, 6) is 0.676. The second-order valence-electron chi connectivity index (χ2n) is 5.18. The molecule has 0 saturated heterocycles. The molecule has 1 saturated carbocycles. The van der Waals surface area contributed by atoms with Crippen molar-refractivity contribution in [2.75, 3.05) is 13.2 Å². The zero-order chi connectivity index (χ0) is 14.2. The fourth-order valence-corrected chi connectivity index (χ4v) is 2.97. The minimum Gasteiger partial charge on any atom is -0.486 e. The summed E-state index contributed by atoms with van der Waals surface area (Å²) in [6, 6.07) is 3.78. The molecule has 2 aliphatic rings. The average molecular weight is 342 g/mol. The van der Waals surface area contributed by atoms with Gasteiger partial charge in [-0.3, -0.25) is 10.1 Å². The maximum atomic E-state index is 11.3. The van der Waals surface area contributed by atoms with Gasteiger partial charge in [0.25, 0.3) is 0 Å². The van der Waals surface area contributed by atoms with Crippen LogP contribution in [0.1, 0.15) is 24.8 Å². The zero-order valence-electron chi connectivity index (χ0n) is 10.9. The molecule has 0 spiro atoms. The van der Waals surface area contributed by atoms with Crippen molar-refractivity contribution in [3.63, 3.8) is 0 Å². The summed E-state index contributed by atoms with van der Waals surface area (Å²) in [7, 11) is 0. The highest BCUT2D eigenvalue weighted by Gasteiger charge is 2.43. The van der Waals surface area contributed by atoms with Crippen LogP contribution in [0.5, 0.6) is 11.5 Å². The highest BCUT2D eigenvalue weighted by molar-refractivity contribution is 9.10. The summed E-state index contributed by atoms with van der Waals surface area (Å²) >= 11 is 3.50. The number of carbonyl (C=O) groups is 1. The van der Waals surface area contributed by atoms with Crippen LogP contribution in [0.2, 0.25) is 0 Å². The van der Waals surface area contributed by atoms with Crippen LogP contribution in [0.3, 0.4) is 0 Å². The van der Waals surface area contributed by atoms with Crippen LogP contribution in [-0.4, -0.2) is 29.8 Å². The molecule has 0 bridgehead atoms. The lowest BCUT2D eigenvalue weighted by molar-refractivity contribution is -0.148. The number of rotatable bonds is 4. The lowest BCUT2D eigenvalue weighted by Crippen LogP contribution is -2.56. The van der Waals surface area contributed by atoms with E-state index in [4.69, 9.17) is 9.47 Å². The molecule has 0 radical (unpaired) electrons. The number of fused-ring (bicyclic) bond motifs is 1. The highest BCUT2D eigenvalue weighted by atomic mass is 79.9. The number of hydrogen-bond donors (Lipinski definition) is 2. The van der Waals surface area contributed by atoms with Gasteiger partial charge in [0.1, 0.15) is 18.8 Å². The van der Waals surface area contributed by atoms with Crippen molar-refractivity contribution in [3.8, 4) is 11.5 Å². The van der Waals surface area contributed by atoms with Gasteiger partial charge in [-0.15, -0.1) is 0 Å². The van der Waals surface area contributed by atoms with Crippen molar-refractivity contribution in [2.24, 2.45) is 0 Å². The fourth-order valence-electron chi connectivity index (χ4n) is 2.50. The first-order valence-corrected chi connectivity index (χ1v) is 7.46. The molecule has 0 unspecified atom stereocenters. The van der Waals surface area contributed by atoms with E-state index in [1.807, 2.05) is 12.1 Å². The second kappa shape index (κ2) is 5.26. The first kappa shape index (κ1) is 13.7. The minimum atomic E-state index is -0.766. The first-order chi connectivity index (χ1) is 9.61. The Kier molecular flexibility index (Phi) is 3.60. The number of carboxylic acids is 1. The van der Waals surface area contributed by atoms with Crippen LogP contribution >= 0.6 is 15.9 Å². The third-order valence-electron chi connectivity index (χ3n) is 3.94. The molecular formula is C14H16BrNO4. The van der Waals surface area contributed by atoms with Gasteiger partial charge in [-0.25, -0.2) is 0 Å². The van der Waals surface area contributed by atoms with E-state index in [9.17, 15) is 9.90 Å². The van der Waals surface area contributed by atoms with Gasteiger partial charge in [-0.2, -0.15) is 0 Å². The third kappa shape index (κ3) is 2.38. The van der Waals surface area contributed by atoms with E-state index >= 15 is 0 Å². The number of benzene rings is 1. The second-order valence-corrected chi connectivity index (χ2v) is 6.04. The van der Waals surface area contributed by atoms with Gasteiger partial charge in [0.05, 0.1) is 0 Å². The molecule has 0 atom stereocenters. The molecule has 0 amide bonds. The van der Waals surface area contributed by atoms with Crippen LogP contribution in [-0.2, 0) is 11.3 Å². The molecule has 1 fully saturated rings. The Hall–Kier alpha value is -1.27. The minimum absolute atomic E-state index is 0.490. The molecule has 1 aliphatic carbocycles. The number of carboxylic acid groups (broad SMARTS) is 1. The Morgan fingerprint density at radius 3 is 2.50 bits per heavy atom. The summed E-state index contributed by atoms with van der Waals surface area (Å²) < 4.78 is 12.0. The number of hydrogen-bond acceptors (Lipinski definition) is 4. The summed E-state index contributed by atoms with van der Waals surface area (Å²) in [4.78, 5) is 11.3. The van der Waals surface area contributed by atoms with E-state index in [0.29, 0.717) is 38.3 Å². The van der Waals surface area contributed by atoms with Gasteiger partial charge in [-0.05, 0) is 37.0 Å². The molecule has 2 N–H and O–H groups in total. The lowest BCUT2D eigenvalue weighted by Gasteiger charge is -2.38. The van der Waals surface area contributed by atoms with Crippen molar-refractivity contribution >= 4 is 21.9 Å². The van der Waals surface area contributed by atoms with Gasteiger partial charge >= 0.3 is 5.97 Å². The maximum absolute atomic E-state index is 11.3. The number of aliphatic carboxylic acids is 1. The van der Waals surface area contributed by atoms with E-state index in [-0.39, 0.29) is 0 Å². The predicted molar refractivity (Wildman–Crippen MR) is 76.2 cm³/mol. The quantitative estimate of drug-likeness (QED) is 0.879. The lowest BCUT2D eigenvalue weighted by atomic mass is 9.76.